The number of para-hydroxylation sites is 1. The first kappa shape index (κ1) is 19.4. The van der Waals surface area contributed by atoms with Gasteiger partial charge in [-0.15, -0.1) is 0 Å². The van der Waals surface area contributed by atoms with Crippen molar-refractivity contribution in [1.82, 2.24) is 4.90 Å². The number of rotatable bonds is 6. The standard InChI is InChI=1S/C22H23F2N3O2/c23-18-8-7-16(12-19(18)24)25-21(28)14-27-13-15(17-4-1-2-5-20(17)27)9-11-26-10-3-6-22(26)29/h1-2,4-5,7-8,12,15H,3,6,9-11,13-14H2,(H,25,28). The van der Waals surface area contributed by atoms with E-state index in [4.69, 9.17) is 0 Å². The van der Waals surface area contributed by atoms with Crippen LogP contribution in [0.2, 0.25) is 0 Å². The molecule has 4 rings (SSSR count). The second-order valence-electron chi connectivity index (χ2n) is 7.59. The van der Waals surface area contributed by atoms with Crippen LogP contribution in [-0.2, 0) is 9.59 Å². The molecule has 2 aromatic carbocycles. The predicted molar refractivity (Wildman–Crippen MR) is 107 cm³/mol. The van der Waals surface area contributed by atoms with E-state index in [0.717, 1.165) is 43.8 Å². The van der Waals surface area contributed by atoms with E-state index in [1.165, 1.54) is 11.6 Å². The van der Waals surface area contributed by atoms with Gasteiger partial charge in [-0.25, -0.2) is 8.78 Å². The Kier molecular flexibility index (Phi) is 5.47. The van der Waals surface area contributed by atoms with Gasteiger partial charge in [0.15, 0.2) is 11.6 Å². The van der Waals surface area contributed by atoms with Crippen molar-refractivity contribution < 1.29 is 18.4 Å². The van der Waals surface area contributed by atoms with Gasteiger partial charge in [0.25, 0.3) is 0 Å². The molecule has 1 atom stereocenters. The quantitative estimate of drug-likeness (QED) is 0.809. The molecule has 0 bridgehead atoms. The fourth-order valence-electron chi connectivity index (χ4n) is 4.18. The highest BCUT2D eigenvalue weighted by Gasteiger charge is 2.30. The van der Waals surface area contributed by atoms with Crippen LogP contribution in [0.4, 0.5) is 20.2 Å². The molecule has 1 saturated heterocycles. The highest BCUT2D eigenvalue weighted by Crippen LogP contribution is 2.38. The molecule has 0 saturated carbocycles. The van der Waals surface area contributed by atoms with Crippen LogP contribution in [0, 0.1) is 11.6 Å². The number of likely N-dealkylation sites (tertiary alicyclic amines) is 1. The monoisotopic (exact) mass is 399 g/mol. The Morgan fingerprint density at radius 2 is 1.93 bits per heavy atom. The van der Waals surface area contributed by atoms with Gasteiger partial charge in [-0.1, -0.05) is 18.2 Å². The average Bonchev–Trinajstić information content (AvgIpc) is 3.26. The summed E-state index contributed by atoms with van der Waals surface area (Å²) in [7, 11) is 0. The lowest BCUT2D eigenvalue weighted by atomic mass is 9.98. The topological polar surface area (TPSA) is 52.7 Å². The summed E-state index contributed by atoms with van der Waals surface area (Å²) < 4.78 is 26.4. The zero-order valence-corrected chi connectivity index (χ0v) is 16.0. The van der Waals surface area contributed by atoms with Gasteiger partial charge in [0.05, 0.1) is 6.54 Å². The molecule has 152 valence electrons. The lowest BCUT2D eigenvalue weighted by Crippen LogP contribution is -2.33. The molecule has 1 N–H and O–H groups in total. The summed E-state index contributed by atoms with van der Waals surface area (Å²) in [5.74, 6) is -1.77. The second kappa shape index (κ2) is 8.19. The van der Waals surface area contributed by atoms with E-state index < -0.39 is 11.6 Å². The molecule has 2 heterocycles. The van der Waals surface area contributed by atoms with Crippen LogP contribution in [0.15, 0.2) is 42.5 Å². The number of halogens is 2. The highest BCUT2D eigenvalue weighted by molar-refractivity contribution is 5.94. The number of hydrogen-bond acceptors (Lipinski definition) is 3. The van der Waals surface area contributed by atoms with E-state index in [9.17, 15) is 18.4 Å². The van der Waals surface area contributed by atoms with Crippen molar-refractivity contribution in [2.24, 2.45) is 0 Å². The third kappa shape index (κ3) is 4.23. The maximum Gasteiger partial charge on any atom is 0.243 e. The van der Waals surface area contributed by atoms with E-state index in [2.05, 4.69) is 11.4 Å². The lowest BCUT2D eigenvalue weighted by Gasteiger charge is -2.21. The molecule has 2 aliphatic rings. The summed E-state index contributed by atoms with van der Waals surface area (Å²) in [5, 5.41) is 2.62. The number of anilines is 2. The van der Waals surface area contributed by atoms with Crippen LogP contribution >= 0.6 is 0 Å². The van der Waals surface area contributed by atoms with Gasteiger partial charge in [0, 0.05) is 49.4 Å². The summed E-state index contributed by atoms with van der Waals surface area (Å²) in [6.45, 7) is 2.36. The average molecular weight is 399 g/mol. The Balaban J connectivity index is 1.40. The molecule has 29 heavy (non-hydrogen) atoms. The van der Waals surface area contributed by atoms with Gasteiger partial charge in [0.1, 0.15) is 0 Å². The Morgan fingerprint density at radius 1 is 1.10 bits per heavy atom. The van der Waals surface area contributed by atoms with E-state index >= 15 is 0 Å². The maximum atomic E-state index is 13.4. The van der Waals surface area contributed by atoms with Crippen LogP contribution in [0.1, 0.15) is 30.7 Å². The van der Waals surface area contributed by atoms with Crippen molar-refractivity contribution in [2.75, 3.05) is 36.4 Å². The van der Waals surface area contributed by atoms with Crippen LogP contribution < -0.4 is 10.2 Å². The van der Waals surface area contributed by atoms with E-state index in [0.29, 0.717) is 13.0 Å². The van der Waals surface area contributed by atoms with Crippen molar-refractivity contribution in [2.45, 2.75) is 25.2 Å². The molecule has 1 unspecified atom stereocenters. The van der Waals surface area contributed by atoms with Gasteiger partial charge in [-0.2, -0.15) is 0 Å². The van der Waals surface area contributed by atoms with E-state index in [1.807, 2.05) is 28.0 Å². The number of nitrogens with zero attached hydrogens (tertiary/aromatic N) is 2. The van der Waals surface area contributed by atoms with E-state index in [-0.39, 0.29) is 30.0 Å². The first-order valence-electron chi connectivity index (χ1n) is 9.88. The minimum atomic E-state index is -0.995. The fourth-order valence-corrected chi connectivity index (χ4v) is 4.18. The van der Waals surface area contributed by atoms with Crippen LogP contribution in [0.25, 0.3) is 0 Å². The molecule has 2 aromatic rings. The van der Waals surface area contributed by atoms with Gasteiger partial charge in [-0.3, -0.25) is 9.59 Å². The SMILES string of the molecule is O=C(CN1CC(CCN2CCCC2=O)c2ccccc21)Nc1ccc(F)c(F)c1. The fraction of sp³-hybridized carbons (Fsp3) is 0.364. The van der Waals surface area contributed by atoms with Gasteiger partial charge in [-0.05, 0) is 36.6 Å². The molecule has 2 amide bonds. The third-order valence-electron chi connectivity index (χ3n) is 5.61. The normalized spacial score (nSPS) is 18.3. The van der Waals surface area contributed by atoms with Crippen LogP contribution in [-0.4, -0.2) is 42.9 Å². The molecule has 0 radical (unpaired) electrons. The molecule has 1 fully saturated rings. The van der Waals surface area contributed by atoms with Crippen molar-refractivity contribution in [3.8, 4) is 0 Å². The number of nitrogens with one attached hydrogen (secondary N) is 1. The number of fused-ring (bicyclic) bond motifs is 1. The Bertz CT molecular complexity index is 934. The molecule has 0 spiro atoms. The minimum Gasteiger partial charge on any atom is -0.361 e. The summed E-state index contributed by atoms with van der Waals surface area (Å²) in [5.41, 5.74) is 2.41. The zero-order chi connectivity index (χ0) is 20.4. The summed E-state index contributed by atoms with van der Waals surface area (Å²) in [6, 6.07) is 11.3. The third-order valence-corrected chi connectivity index (χ3v) is 5.61. The molecule has 5 nitrogen and oxygen atoms in total. The van der Waals surface area contributed by atoms with Gasteiger partial charge >= 0.3 is 0 Å². The molecular formula is C22H23F2N3O2. The van der Waals surface area contributed by atoms with Gasteiger partial charge < -0.3 is 15.1 Å². The highest BCUT2D eigenvalue weighted by atomic mass is 19.2. The van der Waals surface area contributed by atoms with Crippen molar-refractivity contribution in [1.29, 1.82) is 0 Å². The Morgan fingerprint density at radius 3 is 2.69 bits per heavy atom. The predicted octanol–water partition coefficient (Wildman–Crippen LogP) is 3.52. The molecular weight excluding hydrogens is 376 g/mol. The first-order valence-corrected chi connectivity index (χ1v) is 9.88. The van der Waals surface area contributed by atoms with Crippen molar-refractivity contribution in [3.63, 3.8) is 0 Å². The maximum absolute atomic E-state index is 13.4. The van der Waals surface area contributed by atoms with Crippen molar-refractivity contribution >= 4 is 23.2 Å². The smallest absolute Gasteiger partial charge is 0.243 e. The minimum absolute atomic E-state index is 0.120. The van der Waals surface area contributed by atoms with Gasteiger partial charge in [0.2, 0.25) is 11.8 Å². The summed E-state index contributed by atoms with van der Waals surface area (Å²) in [4.78, 5) is 28.3. The molecule has 0 aliphatic carbocycles. The number of carbonyl (C=O) groups excluding carboxylic acids is 2. The number of hydrogen-bond donors (Lipinski definition) is 1. The lowest BCUT2D eigenvalue weighted by molar-refractivity contribution is -0.127. The molecule has 0 aromatic heterocycles. The number of amides is 2. The number of benzene rings is 2. The van der Waals surface area contributed by atoms with Crippen molar-refractivity contribution in [3.05, 3.63) is 59.7 Å². The van der Waals surface area contributed by atoms with Crippen LogP contribution in [0.3, 0.4) is 0 Å². The van der Waals surface area contributed by atoms with Crippen LogP contribution in [0.5, 0.6) is 0 Å². The number of carbonyl (C=O) groups is 2. The first-order chi connectivity index (χ1) is 14.0. The largest absolute Gasteiger partial charge is 0.361 e. The van der Waals surface area contributed by atoms with E-state index in [1.54, 1.807) is 0 Å². The summed E-state index contributed by atoms with van der Waals surface area (Å²) in [6.07, 6.45) is 2.41. The second-order valence-corrected chi connectivity index (χ2v) is 7.59. The zero-order valence-electron chi connectivity index (χ0n) is 16.0. The Hall–Kier alpha value is -2.96. The summed E-state index contributed by atoms with van der Waals surface area (Å²) >= 11 is 0. The molecule has 2 aliphatic heterocycles. The Labute approximate surface area is 168 Å². The molecule has 7 heteroatoms.